The first-order valence-electron chi connectivity index (χ1n) is 5.94. The molecule has 0 spiro atoms. The van der Waals surface area contributed by atoms with E-state index in [0.717, 1.165) is 6.42 Å². The molecule has 94 valence electrons. The molecule has 0 bridgehead atoms. The van der Waals surface area contributed by atoms with Crippen molar-refractivity contribution < 1.29 is 14.3 Å². The Balaban J connectivity index is 2.65. The van der Waals surface area contributed by atoms with E-state index in [4.69, 9.17) is 9.47 Å². The van der Waals surface area contributed by atoms with Crippen LogP contribution in [0, 0.1) is 0 Å². The quantitative estimate of drug-likeness (QED) is 0.553. The van der Waals surface area contributed by atoms with Crippen molar-refractivity contribution in [3.63, 3.8) is 0 Å². The molecule has 1 rings (SSSR count). The average molecular weight is 252 g/mol. The second-order valence-electron chi connectivity index (χ2n) is 4.49. The van der Waals surface area contributed by atoms with Gasteiger partial charge in [-0.2, -0.15) is 0 Å². The Kier molecular flexibility index (Phi) is 5.76. The Hall–Kier alpha value is -1.29. The molecule has 0 N–H and O–H groups in total. The van der Waals surface area contributed by atoms with Gasteiger partial charge in [-0.25, -0.2) is 0 Å². The van der Waals surface area contributed by atoms with E-state index in [9.17, 15) is 4.79 Å². The fraction of sp³-hybridized carbons (Fsp3) is 0.462. The van der Waals surface area contributed by atoms with E-state index in [0.29, 0.717) is 18.0 Å². The van der Waals surface area contributed by atoms with Crippen molar-refractivity contribution in [2.24, 2.45) is 0 Å². The van der Waals surface area contributed by atoms with E-state index >= 15 is 0 Å². The van der Waals surface area contributed by atoms with E-state index in [2.05, 4.69) is 13.1 Å². The number of rotatable bonds is 7. The van der Waals surface area contributed by atoms with Crippen molar-refractivity contribution in [1.29, 1.82) is 0 Å². The van der Waals surface area contributed by atoms with Gasteiger partial charge in [0, 0.05) is 8.80 Å². The standard InChI is InChI=1S/C13H20O3Si/c1-15-13-9-11(5-4-8-17(2)3)6-7-12(13)16-10-14/h6-7,9-10,17H,4-5,8H2,1-3H3. The largest absolute Gasteiger partial charge is 0.493 e. The van der Waals surface area contributed by atoms with Gasteiger partial charge >= 0.3 is 0 Å². The van der Waals surface area contributed by atoms with Gasteiger partial charge in [-0.15, -0.1) is 0 Å². The van der Waals surface area contributed by atoms with Gasteiger partial charge in [-0.05, 0) is 24.1 Å². The number of hydrogen-bond acceptors (Lipinski definition) is 3. The van der Waals surface area contributed by atoms with Gasteiger partial charge < -0.3 is 9.47 Å². The first-order chi connectivity index (χ1) is 8.17. The van der Waals surface area contributed by atoms with Crippen molar-refractivity contribution >= 4 is 15.3 Å². The van der Waals surface area contributed by atoms with Gasteiger partial charge in [0.2, 0.25) is 0 Å². The van der Waals surface area contributed by atoms with E-state index in [1.807, 2.05) is 12.1 Å². The molecule has 0 heterocycles. The van der Waals surface area contributed by atoms with Crippen LogP contribution in [0.15, 0.2) is 18.2 Å². The molecule has 0 saturated heterocycles. The van der Waals surface area contributed by atoms with Gasteiger partial charge in [0.15, 0.2) is 11.5 Å². The lowest BCUT2D eigenvalue weighted by atomic mass is 10.1. The molecule has 0 unspecified atom stereocenters. The molecule has 1 aromatic rings. The highest BCUT2D eigenvalue weighted by atomic mass is 28.3. The molecule has 3 nitrogen and oxygen atoms in total. The predicted molar refractivity (Wildman–Crippen MR) is 71.7 cm³/mol. The zero-order valence-electron chi connectivity index (χ0n) is 10.7. The maximum absolute atomic E-state index is 10.3. The van der Waals surface area contributed by atoms with Crippen molar-refractivity contribution in [2.45, 2.75) is 32.0 Å². The Bertz CT molecular complexity index is 364. The summed E-state index contributed by atoms with van der Waals surface area (Å²) in [5, 5.41) is 0. The monoisotopic (exact) mass is 252 g/mol. The Labute approximate surface area is 104 Å². The third-order valence-corrected chi connectivity index (χ3v) is 4.21. The van der Waals surface area contributed by atoms with Crippen molar-refractivity contribution in [1.82, 2.24) is 0 Å². The average Bonchev–Trinajstić information content (AvgIpc) is 2.30. The molecule has 0 aliphatic rings. The summed E-state index contributed by atoms with van der Waals surface area (Å²) in [5.74, 6) is 1.10. The molecule has 0 saturated carbocycles. The topological polar surface area (TPSA) is 35.5 Å². The van der Waals surface area contributed by atoms with Gasteiger partial charge in [-0.1, -0.05) is 31.6 Å². The predicted octanol–water partition coefficient (Wildman–Crippen LogP) is 2.65. The van der Waals surface area contributed by atoms with Crippen molar-refractivity contribution in [3.05, 3.63) is 23.8 Å². The number of ether oxygens (including phenoxy) is 2. The van der Waals surface area contributed by atoms with Gasteiger partial charge in [-0.3, -0.25) is 4.79 Å². The Morgan fingerprint density at radius 1 is 1.29 bits per heavy atom. The number of hydrogen-bond donors (Lipinski definition) is 0. The number of aryl methyl sites for hydroxylation is 1. The summed E-state index contributed by atoms with van der Waals surface area (Å²) >= 11 is 0. The zero-order chi connectivity index (χ0) is 12.7. The van der Waals surface area contributed by atoms with Crippen LogP contribution in [-0.2, 0) is 11.2 Å². The molecule has 0 fully saturated rings. The first-order valence-corrected chi connectivity index (χ1v) is 9.07. The van der Waals surface area contributed by atoms with Crippen LogP contribution in [0.5, 0.6) is 11.5 Å². The maximum atomic E-state index is 10.3. The lowest BCUT2D eigenvalue weighted by molar-refractivity contribution is -0.120. The molecule has 4 heteroatoms. The molecule has 0 aliphatic carbocycles. The highest BCUT2D eigenvalue weighted by molar-refractivity contribution is 6.55. The highest BCUT2D eigenvalue weighted by Gasteiger charge is 2.06. The van der Waals surface area contributed by atoms with Crippen molar-refractivity contribution in [3.8, 4) is 11.5 Å². The minimum Gasteiger partial charge on any atom is -0.493 e. The molecule has 0 atom stereocenters. The number of carbonyl (C=O) groups is 1. The van der Waals surface area contributed by atoms with Gasteiger partial charge in [0.05, 0.1) is 7.11 Å². The van der Waals surface area contributed by atoms with Crippen LogP contribution < -0.4 is 9.47 Å². The Morgan fingerprint density at radius 3 is 2.65 bits per heavy atom. The molecule has 0 amide bonds. The van der Waals surface area contributed by atoms with E-state index in [-0.39, 0.29) is 0 Å². The summed E-state index contributed by atoms with van der Waals surface area (Å²) in [6.45, 7) is 5.14. The maximum Gasteiger partial charge on any atom is 0.298 e. The Morgan fingerprint density at radius 2 is 2.06 bits per heavy atom. The van der Waals surface area contributed by atoms with Crippen molar-refractivity contribution in [2.75, 3.05) is 7.11 Å². The third-order valence-electron chi connectivity index (χ3n) is 2.65. The lowest BCUT2D eigenvalue weighted by Gasteiger charge is -2.09. The minimum atomic E-state index is -0.455. The second-order valence-corrected chi connectivity index (χ2v) is 7.85. The summed E-state index contributed by atoms with van der Waals surface area (Å²) in [6.07, 6.45) is 2.28. The fourth-order valence-electron chi connectivity index (χ4n) is 1.73. The molecule has 17 heavy (non-hydrogen) atoms. The summed E-state index contributed by atoms with van der Waals surface area (Å²) in [4.78, 5) is 10.3. The summed E-state index contributed by atoms with van der Waals surface area (Å²) < 4.78 is 10.0. The highest BCUT2D eigenvalue weighted by Crippen LogP contribution is 2.28. The molecular weight excluding hydrogens is 232 g/mol. The molecule has 0 aromatic heterocycles. The van der Waals surface area contributed by atoms with Crippen LogP contribution in [-0.4, -0.2) is 22.4 Å². The van der Waals surface area contributed by atoms with Crippen LogP contribution >= 0.6 is 0 Å². The second kappa shape index (κ2) is 7.11. The molecule has 0 radical (unpaired) electrons. The summed E-state index contributed by atoms with van der Waals surface area (Å²) in [6, 6.07) is 7.08. The smallest absolute Gasteiger partial charge is 0.298 e. The van der Waals surface area contributed by atoms with Crippen LogP contribution in [0.2, 0.25) is 19.1 Å². The van der Waals surface area contributed by atoms with E-state index < -0.39 is 8.80 Å². The molecular formula is C13H20O3Si. The zero-order valence-corrected chi connectivity index (χ0v) is 11.9. The lowest BCUT2D eigenvalue weighted by Crippen LogP contribution is -2.00. The molecule has 1 aromatic carbocycles. The number of methoxy groups -OCH3 is 1. The van der Waals surface area contributed by atoms with Crippen LogP contribution in [0.3, 0.4) is 0 Å². The first kappa shape index (κ1) is 13.8. The van der Waals surface area contributed by atoms with Gasteiger partial charge in [0.1, 0.15) is 0 Å². The van der Waals surface area contributed by atoms with E-state index in [1.54, 1.807) is 13.2 Å². The number of benzene rings is 1. The summed E-state index contributed by atoms with van der Waals surface area (Å²) in [5.41, 5.74) is 1.23. The SMILES string of the molecule is COc1cc(CCC[SiH](C)C)ccc1OC=O. The molecule has 0 aliphatic heterocycles. The van der Waals surface area contributed by atoms with Crippen LogP contribution in [0.25, 0.3) is 0 Å². The fourth-order valence-corrected chi connectivity index (χ4v) is 2.75. The van der Waals surface area contributed by atoms with Gasteiger partial charge in [0.25, 0.3) is 6.47 Å². The normalized spacial score (nSPS) is 10.4. The number of carbonyl (C=O) groups excluding carboxylic acids is 1. The third kappa shape index (κ3) is 4.61. The minimum absolute atomic E-state index is 0.419. The van der Waals surface area contributed by atoms with Crippen LogP contribution in [0.4, 0.5) is 0 Å². The van der Waals surface area contributed by atoms with E-state index in [1.165, 1.54) is 18.0 Å². The van der Waals surface area contributed by atoms with Crippen LogP contribution in [0.1, 0.15) is 12.0 Å². The summed E-state index contributed by atoms with van der Waals surface area (Å²) in [7, 11) is 1.13.